The van der Waals surface area contributed by atoms with Crippen LogP contribution < -0.4 is 5.32 Å². The molecule has 1 N–H and O–H groups in total. The Hall–Kier alpha value is -1.26. The molecule has 5 nitrogen and oxygen atoms in total. The van der Waals surface area contributed by atoms with Gasteiger partial charge in [-0.05, 0) is 84.0 Å². The first-order valence-corrected chi connectivity index (χ1v) is 11.0. The monoisotopic (exact) mass is 393 g/mol. The smallest absolute Gasteiger partial charge is 0.408 e. The number of ether oxygens (including phenoxy) is 2. The summed E-state index contributed by atoms with van der Waals surface area (Å²) in [5.74, 6) is 1.16. The van der Waals surface area contributed by atoms with E-state index in [1.807, 2.05) is 34.6 Å². The van der Waals surface area contributed by atoms with Gasteiger partial charge in [0.05, 0.1) is 5.41 Å². The third-order valence-electron chi connectivity index (χ3n) is 7.87. The van der Waals surface area contributed by atoms with Crippen LogP contribution in [0.25, 0.3) is 0 Å². The van der Waals surface area contributed by atoms with E-state index in [1.54, 1.807) is 0 Å². The maximum Gasteiger partial charge on any atom is 0.408 e. The molecule has 2 unspecified atom stereocenters. The van der Waals surface area contributed by atoms with Crippen molar-refractivity contribution in [1.82, 2.24) is 5.32 Å². The molecule has 28 heavy (non-hydrogen) atoms. The Morgan fingerprint density at radius 3 is 2.14 bits per heavy atom. The Labute approximate surface area is 170 Å². The predicted octanol–water partition coefficient (Wildman–Crippen LogP) is 5.22. The lowest BCUT2D eigenvalue weighted by atomic mass is 9.51. The van der Waals surface area contributed by atoms with Gasteiger partial charge < -0.3 is 14.8 Å². The minimum Gasteiger partial charge on any atom is -0.459 e. The van der Waals surface area contributed by atoms with Crippen LogP contribution in [-0.4, -0.2) is 28.8 Å². The van der Waals surface area contributed by atoms with Crippen LogP contribution in [0.3, 0.4) is 0 Å². The molecule has 1 amide bonds. The molecule has 4 aliphatic carbocycles. The molecule has 0 saturated heterocycles. The Kier molecular flexibility index (Phi) is 5.30. The van der Waals surface area contributed by atoms with E-state index in [-0.39, 0.29) is 23.5 Å². The van der Waals surface area contributed by atoms with Crippen molar-refractivity contribution in [3.05, 3.63) is 0 Å². The topological polar surface area (TPSA) is 64.6 Å². The fourth-order valence-corrected chi connectivity index (χ4v) is 5.52. The maximum atomic E-state index is 12.8. The molecule has 5 heteroatoms. The van der Waals surface area contributed by atoms with E-state index in [0.29, 0.717) is 11.8 Å². The van der Waals surface area contributed by atoms with E-state index < -0.39 is 16.6 Å². The number of esters is 1. The zero-order chi connectivity index (χ0) is 21.0. The summed E-state index contributed by atoms with van der Waals surface area (Å²) in [6.45, 7) is 13.9. The zero-order valence-corrected chi connectivity index (χ0v) is 18.8. The fourth-order valence-electron chi connectivity index (χ4n) is 5.52. The normalized spacial score (nSPS) is 34.4. The summed E-state index contributed by atoms with van der Waals surface area (Å²) in [4.78, 5) is 25.6. The average Bonchev–Trinajstić information content (AvgIpc) is 2.51. The van der Waals surface area contributed by atoms with Crippen LogP contribution in [0.1, 0.15) is 93.4 Å². The van der Waals surface area contributed by atoms with Gasteiger partial charge in [0.15, 0.2) is 0 Å². The van der Waals surface area contributed by atoms with Gasteiger partial charge in [0, 0.05) is 12.0 Å². The first kappa shape index (κ1) is 21.4. The summed E-state index contributed by atoms with van der Waals surface area (Å²) >= 11 is 0. The van der Waals surface area contributed by atoms with E-state index in [4.69, 9.17) is 9.47 Å². The minimum absolute atomic E-state index is 0.101. The van der Waals surface area contributed by atoms with Crippen LogP contribution in [0.15, 0.2) is 0 Å². The molecule has 0 spiro atoms. The Morgan fingerprint density at radius 1 is 1.07 bits per heavy atom. The lowest BCUT2D eigenvalue weighted by Crippen LogP contribution is -2.67. The van der Waals surface area contributed by atoms with Gasteiger partial charge >= 0.3 is 12.1 Å². The number of alkyl carbamates (subject to hydrolysis) is 1. The van der Waals surface area contributed by atoms with Crippen molar-refractivity contribution in [3.8, 4) is 0 Å². The van der Waals surface area contributed by atoms with Gasteiger partial charge in [0.1, 0.15) is 11.2 Å². The molecule has 4 saturated carbocycles. The second kappa shape index (κ2) is 6.91. The quantitative estimate of drug-likeness (QED) is 0.629. The van der Waals surface area contributed by atoms with Crippen LogP contribution in [0.2, 0.25) is 0 Å². The highest BCUT2D eigenvalue weighted by Gasteiger charge is 2.60. The summed E-state index contributed by atoms with van der Waals surface area (Å²) in [5, 5.41) is 3.23. The van der Waals surface area contributed by atoms with Crippen LogP contribution >= 0.6 is 0 Å². The summed E-state index contributed by atoms with van der Waals surface area (Å²) < 4.78 is 12.0. The predicted molar refractivity (Wildman–Crippen MR) is 109 cm³/mol. The van der Waals surface area contributed by atoms with Crippen molar-refractivity contribution in [2.75, 3.05) is 0 Å². The summed E-state index contributed by atoms with van der Waals surface area (Å²) in [5.41, 5.74) is -1.70. The largest absolute Gasteiger partial charge is 0.459 e. The molecule has 0 aromatic carbocycles. The molecule has 0 radical (unpaired) electrons. The van der Waals surface area contributed by atoms with Gasteiger partial charge in [-0.15, -0.1) is 0 Å². The number of nitrogens with one attached hydrogen (secondary N) is 1. The Balaban J connectivity index is 1.75. The highest BCUT2D eigenvalue weighted by molar-refractivity contribution is 5.76. The molecule has 4 aliphatic rings. The molecule has 0 aliphatic heterocycles. The van der Waals surface area contributed by atoms with Gasteiger partial charge in [0.2, 0.25) is 0 Å². The second-order valence-electron chi connectivity index (χ2n) is 11.3. The van der Waals surface area contributed by atoms with Crippen LogP contribution in [-0.2, 0) is 14.3 Å². The van der Waals surface area contributed by atoms with Crippen molar-refractivity contribution in [2.24, 2.45) is 23.2 Å². The standard InChI is InChI=1S/C23H39NO4/c1-8-20(4,5)18(25)27-23-12-16-9-17(13-23)11-22(10-16,14-23)24-19(26)28-21(6,7)15(2)3/h15-17H,8-14H2,1-7H3,(H,24,26). The van der Waals surface area contributed by atoms with Gasteiger partial charge in [-0.2, -0.15) is 0 Å². The molecule has 4 rings (SSSR count). The van der Waals surface area contributed by atoms with E-state index >= 15 is 0 Å². The lowest BCUT2D eigenvalue weighted by molar-refractivity contribution is -0.200. The third kappa shape index (κ3) is 4.04. The number of carbonyl (C=O) groups is 2. The minimum atomic E-state index is -0.512. The first-order chi connectivity index (χ1) is 12.8. The average molecular weight is 394 g/mol. The van der Waals surface area contributed by atoms with Gasteiger partial charge in [-0.3, -0.25) is 4.79 Å². The molecule has 4 bridgehead atoms. The maximum absolute atomic E-state index is 12.8. The van der Waals surface area contributed by atoms with Crippen LogP contribution in [0.5, 0.6) is 0 Å². The Morgan fingerprint density at radius 2 is 1.64 bits per heavy atom. The molecule has 4 fully saturated rings. The third-order valence-corrected chi connectivity index (χ3v) is 7.87. The number of hydrogen-bond acceptors (Lipinski definition) is 4. The summed E-state index contributed by atoms with van der Waals surface area (Å²) in [6, 6.07) is 0. The van der Waals surface area contributed by atoms with Crippen LogP contribution in [0, 0.1) is 23.2 Å². The van der Waals surface area contributed by atoms with Crippen LogP contribution in [0.4, 0.5) is 4.79 Å². The van der Waals surface area contributed by atoms with E-state index in [0.717, 1.165) is 38.5 Å². The van der Waals surface area contributed by atoms with Crippen molar-refractivity contribution in [1.29, 1.82) is 0 Å². The highest BCUT2D eigenvalue weighted by atomic mass is 16.6. The van der Waals surface area contributed by atoms with Gasteiger partial charge in [-0.1, -0.05) is 20.8 Å². The second-order valence-corrected chi connectivity index (χ2v) is 11.3. The summed E-state index contributed by atoms with van der Waals surface area (Å²) in [6.07, 6.45) is 6.14. The SMILES string of the molecule is CCC(C)(C)C(=O)OC12CC3CC(CC(NC(=O)OC(C)(C)C(C)C)(C3)C1)C2. The zero-order valence-electron chi connectivity index (χ0n) is 18.8. The van der Waals surface area contributed by atoms with Crippen molar-refractivity contribution in [3.63, 3.8) is 0 Å². The lowest BCUT2D eigenvalue weighted by Gasteiger charge is -2.61. The van der Waals surface area contributed by atoms with Crippen molar-refractivity contribution in [2.45, 2.75) is 110 Å². The number of rotatable bonds is 6. The summed E-state index contributed by atoms with van der Waals surface area (Å²) in [7, 11) is 0. The molecular weight excluding hydrogens is 354 g/mol. The fraction of sp³-hybridized carbons (Fsp3) is 0.913. The van der Waals surface area contributed by atoms with Gasteiger partial charge in [0.25, 0.3) is 0 Å². The molecule has 0 aromatic heterocycles. The Bertz CT molecular complexity index is 623. The molecule has 160 valence electrons. The molecule has 2 atom stereocenters. The molecule has 0 aromatic rings. The molecular formula is C23H39NO4. The van der Waals surface area contributed by atoms with E-state index in [2.05, 4.69) is 19.2 Å². The first-order valence-electron chi connectivity index (χ1n) is 11.0. The number of carbonyl (C=O) groups excluding carboxylic acids is 2. The van der Waals surface area contributed by atoms with Crippen molar-refractivity contribution >= 4 is 12.1 Å². The van der Waals surface area contributed by atoms with Gasteiger partial charge in [-0.25, -0.2) is 4.79 Å². The van der Waals surface area contributed by atoms with E-state index in [9.17, 15) is 9.59 Å². The highest BCUT2D eigenvalue weighted by Crippen LogP contribution is 2.59. The van der Waals surface area contributed by atoms with E-state index in [1.165, 1.54) is 6.42 Å². The van der Waals surface area contributed by atoms with Crippen molar-refractivity contribution < 1.29 is 19.1 Å². The molecule has 0 heterocycles. The number of amides is 1. The number of hydrogen-bond donors (Lipinski definition) is 1.